The van der Waals surface area contributed by atoms with Crippen LogP contribution in [0.25, 0.3) is 0 Å². The summed E-state index contributed by atoms with van der Waals surface area (Å²) in [4.78, 5) is 29.2. The summed E-state index contributed by atoms with van der Waals surface area (Å²) < 4.78 is 4.83. The summed E-state index contributed by atoms with van der Waals surface area (Å²) in [5, 5.41) is 31.3. The Balaban J connectivity index is 1.79. The van der Waals surface area contributed by atoms with Crippen molar-refractivity contribution in [2.45, 2.75) is 45.7 Å². The molecule has 142 valence electrons. The third-order valence-electron chi connectivity index (χ3n) is 3.75. The van der Waals surface area contributed by atoms with Crippen molar-refractivity contribution < 1.29 is 29.0 Å². The Morgan fingerprint density at radius 2 is 2.15 bits per heavy atom. The SMILES string of the molecule is Cc1cc(C(=O)NCC2=NOC(C(=O)NC(CC(C)C)B(O)O)C2)no1. The van der Waals surface area contributed by atoms with Crippen LogP contribution in [0.15, 0.2) is 15.7 Å². The maximum Gasteiger partial charge on any atom is 0.475 e. The van der Waals surface area contributed by atoms with Crippen LogP contribution in [0, 0.1) is 12.8 Å². The van der Waals surface area contributed by atoms with E-state index in [2.05, 4.69) is 20.9 Å². The molecule has 0 fully saturated rings. The van der Waals surface area contributed by atoms with Crippen molar-refractivity contribution in [2.24, 2.45) is 11.1 Å². The van der Waals surface area contributed by atoms with Crippen molar-refractivity contribution in [3.8, 4) is 0 Å². The van der Waals surface area contributed by atoms with Crippen molar-refractivity contribution in [1.82, 2.24) is 15.8 Å². The molecule has 1 aromatic rings. The van der Waals surface area contributed by atoms with Crippen molar-refractivity contribution in [3.63, 3.8) is 0 Å². The van der Waals surface area contributed by atoms with E-state index in [1.807, 2.05) is 13.8 Å². The van der Waals surface area contributed by atoms with Gasteiger partial charge in [-0.1, -0.05) is 24.2 Å². The number of carbonyl (C=O) groups excluding carboxylic acids is 2. The van der Waals surface area contributed by atoms with E-state index < -0.39 is 31.0 Å². The standard InChI is InChI=1S/C15H23BN4O6/c1-8(2)4-13(16(23)24)18-15(22)12-6-10(19-26-12)7-17-14(21)11-5-9(3)25-20-11/h5,8,12-13,23-24H,4,6-7H2,1-3H3,(H,17,21)(H,18,22). The van der Waals surface area contributed by atoms with Gasteiger partial charge in [-0.15, -0.1) is 0 Å². The lowest BCUT2D eigenvalue weighted by Gasteiger charge is -2.20. The van der Waals surface area contributed by atoms with Gasteiger partial charge in [-0.25, -0.2) is 0 Å². The first-order valence-corrected chi connectivity index (χ1v) is 8.35. The van der Waals surface area contributed by atoms with Gasteiger partial charge in [0.1, 0.15) is 5.76 Å². The highest BCUT2D eigenvalue weighted by Crippen LogP contribution is 2.12. The molecule has 1 aliphatic rings. The van der Waals surface area contributed by atoms with E-state index in [4.69, 9.17) is 9.36 Å². The van der Waals surface area contributed by atoms with Crippen LogP contribution in [-0.2, 0) is 9.63 Å². The van der Waals surface area contributed by atoms with Crippen LogP contribution in [0.4, 0.5) is 0 Å². The highest BCUT2D eigenvalue weighted by Gasteiger charge is 2.33. The van der Waals surface area contributed by atoms with Gasteiger partial charge in [0, 0.05) is 12.5 Å². The number of rotatable bonds is 8. The van der Waals surface area contributed by atoms with Crippen LogP contribution >= 0.6 is 0 Å². The molecule has 0 radical (unpaired) electrons. The Bertz CT molecular complexity index is 675. The number of hydrogen-bond donors (Lipinski definition) is 4. The third-order valence-corrected chi connectivity index (χ3v) is 3.75. The fourth-order valence-electron chi connectivity index (χ4n) is 2.46. The minimum Gasteiger partial charge on any atom is -0.426 e. The first kappa shape index (κ1) is 19.9. The molecule has 1 aliphatic heterocycles. The number of aromatic nitrogens is 1. The van der Waals surface area contributed by atoms with Gasteiger partial charge in [-0.05, 0) is 19.3 Å². The molecule has 2 amide bonds. The highest BCUT2D eigenvalue weighted by molar-refractivity contribution is 6.43. The van der Waals surface area contributed by atoms with Crippen LogP contribution < -0.4 is 10.6 Å². The Labute approximate surface area is 151 Å². The van der Waals surface area contributed by atoms with Crippen molar-refractivity contribution in [2.75, 3.05) is 6.54 Å². The molecule has 4 N–H and O–H groups in total. The minimum absolute atomic E-state index is 0.104. The number of oxime groups is 1. The molecule has 2 heterocycles. The predicted octanol–water partition coefficient (Wildman–Crippen LogP) is -0.599. The van der Waals surface area contributed by atoms with E-state index in [1.165, 1.54) is 6.07 Å². The van der Waals surface area contributed by atoms with E-state index in [1.54, 1.807) is 6.92 Å². The number of nitrogens with zero attached hydrogens (tertiary/aromatic N) is 2. The normalized spacial score (nSPS) is 17.5. The third kappa shape index (κ3) is 5.56. The van der Waals surface area contributed by atoms with Crippen LogP contribution in [0.1, 0.15) is 42.9 Å². The summed E-state index contributed by atoms with van der Waals surface area (Å²) in [5.74, 6) is -0.992. The second-order valence-electron chi connectivity index (χ2n) is 6.62. The fourth-order valence-corrected chi connectivity index (χ4v) is 2.46. The maximum atomic E-state index is 12.2. The van der Waals surface area contributed by atoms with Gasteiger partial charge in [0.25, 0.3) is 11.8 Å². The van der Waals surface area contributed by atoms with Crippen LogP contribution in [0.2, 0.25) is 0 Å². The number of nitrogens with one attached hydrogen (secondary N) is 2. The molecule has 2 rings (SSSR count). The van der Waals surface area contributed by atoms with Gasteiger partial charge in [0.15, 0.2) is 5.69 Å². The summed E-state index contributed by atoms with van der Waals surface area (Å²) in [7, 11) is -1.66. The molecule has 2 atom stereocenters. The van der Waals surface area contributed by atoms with Crippen molar-refractivity contribution >= 4 is 24.6 Å². The molecule has 0 saturated carbocycles. The zero-order valence-electron chi connectivity index (χ0n) is 14.9. The topological polar surface area (TPSA) is 146 Å². The monoisotopic (exact) mass is 366 g/mol. The number of carbonyl (C=O) groups is 2. The second kappa shape index (κ2) is 8.81. The summed E-state index contributed by atoms with van der Waals surface area (Å²) in [6, 6.07) is 1.51. The summed E-state index contributed by atoms with van der Waals surface area (Å²) in [6.45, 7) is 5.60. The average molecular weight is 366 g/mol. The van der Waals surface area contributed by atoms with Gasteiger partial charge in [-0.2, -0.15) is 0 Å². The molecule has 26 heavy (non-hydrogen) atoms. The zero-order valence-corrected chi connectivity index (χ0v) is 14.9. The van der Waals surface area contributed by atoms with Gasteiger partial charge in [0.2, 0.25) is 6.10 Å². The van der Waals surface area contributed by atoms with Crippen LogP contribution in [0.3, 0.4) is 0 Å². The van der Waals surface area contributed by atoms with Crippen molar-refractivity contribution in [1.29, 1.82) is 0 Å². The molecule has 1 aromatic heterocycles. The zero-order chi connectivity index (χ0) is 19.3. The average Bonchev–Trinajstić information content (AvgIpc) is 3.20. The van der Waals surface area contributed by atoms with Crippen LogP contribution in [-0.4, -0.2) is 58.4 Å². The van der Waals surface area contributed by atoms with Gasteiger partial charge < -0.3 is 30.0 Å². The molecule has 11 heteroatoms. The molecule has 0 bridgehead atoms. The highest BCUT2D eigenvalue weighted by atomic mass is 16.6. The molecule has 0 saturated heterocycles. The quantitative estimate of drug-likeness (QED) is 0.449. The summed E-state index contributed by atoms with van der Waals surface area (Å²) in [5.41, 5.74) is 0.647. The van der Waals surface area contributed by atoms with Gasteiger partial charge >= 0.3 is 7.12 Å². The predicted molar refractivity (Wildman–Crippen MR) is 92.1 cm³/mol. The van der Waals surface area contributed by atoms with Crippen LogP contribution in [0.5, 0.6) is 0 Å². The summed E-state index contributed by atoms with van der Waals surface area (Å²) in [6.07, 6.45) is -0.263. The van der Waals surface area contributed by atoms with Crippen molar-refractivity contribution in [3.05, 3.63) is 17.5 Å². The lowest BCUT2D eigenvalue weighted by molar-refractivity contribution is -0.131. The summed E-state index contributed by atoms with van der Waals surface area (Å²) >= 11 is 0. The van der Waals surface area contributed by atoms with E-state index in [-0.39, 0.29) is 24.6 Å². The molecule has 0 aliphatic carbocycles. The number of aryl methyl sites for hydroxylation is 1. The molecular formula is C15H23BN4O6. The minimum atomic E-state index is -1.66. The Kier molecular flexibility index (Phi) is 6.75. The lowest BCUT2D eigenvalue weighted by Crippen LogP contribution is -2.50. The Morgan fingerprint density at radius 1 is 1.42 bits per heavy atom. The van der Waals surface area contributed by atoms with E-state index in [9.17, 15) is 19.6 Å². The molecule has 10 nitrogen and oxygen atoms in total. The smallest absolute Gasteiger partial charge is 0.426 e. The van der Waals surface area contributed by atoms with Gasteiger partial charge in [-0.3, -0.25) is 9.59 Å². The van der Waals surface area contributed by atoms with Gasteiger partial charge in [0.05, 0.1) is 18.2 Å². The Hall–Kier alpha value is -2.40. The first-order valence-electron chi connectivity index (χ1n) is 8.35. The lowest BCUT2D eigenvalue weighted by atomic mass is 9.75. The van der Waals surface area contributed by atoms with E-state index in [0.717, 1.165) is 0 Å². The molecule has 0 spiro atoms. The fraction of sp³-hybridized carbons (Fsp3) is 0.600. The molecule has 0 aromatic carbocycles. The molecule has 2 unspecified atom stereocenters. The largest absolute Gasteiger partial charge is 0.475 e. The number of hydrogen-bond acceptors (Lipinski definition) is 8. The number of amides is 2. The Morgan fingerprint density at radius 3 is 2.73 bits per heavy atom. The second-order valence-corrected chi connectivity index (χ2v) is 6.62. The maximum absolute atomic E-state index is 12.2. The van der Waals surface area contributed by atoms with E-state index in [0.29, 0.717) is 17.9 Å². The molecular weight excluding hydrogens is 343 g/mol. The first-order chi connectivity index (χ1) is 12.3. The van der Waals surface area contributed by atoms with E-state index >= 15 is 0 Å².